The van der Waals surface area contributed by atoms with Crippen LogP contribution in [-0.4, -0.2) is 49.9 Å². The number of sulfonamides is 1. The van der Waals surface area contributed by atoms with Crippen molar-refractivity contribution in [2.24, 2.45) is 5.92 Å². The average Bonchev–Trinajstić information content (AvgIpc) is 2.90. The van der Waals surface area contributed by atoms with Gasteiger partial charge in [0, 0.05) is 42.5 Å². The van der Waals surface area contributed by atoms with Crippen molar-refractivity contribution in [3.05, 3.63) is 82.3 Å². The number of Topliss-reactive ketones (excluding diaryl/α,β-unsaturated/α-hetero) is 1. The van der Waals surface area contributed by atoms with Crippen molar-refractivity contribution in [3.63, 3.8) is 0 Å². The molecule has 2 aromatic carbocycles. The van der Waals surface area contributed by atoms with Crippen molar-refractivity contribution in [1.82, 2.24) is 9.47 Å². The number of hydrogen-bond donors (Lipinski definition) is 2. The highest BCUT2D eigenvalue weighted by atomic mass is 32.2. The molecule has 2 aliphatic rings. The van der Waals surface area contributed by atoms with E-state index >= 15 is 0 Å². The van der Waals surface area contributed by atoms with Crippen LogP contribution in [-0.2, 0) is 16.6 Å². The van der Waals surface area contributed by atoms with Crippen LogP contribution < -0.4 is 20.3 Å². The summed E-state index contributed by atoms with van der Waals surface area (Å²) in [7, 11) is -2.47. The number of pyridine rings is 1. The van der Waals surface area contributed by atoms with Crippen LogP contribution in [0.15, 0.2) is 70.4 Å². The van der Waals surface area contributed by atoms with E-state index in [1.165, 1.54) is 32.2 Å². The minimum Gasteiger partial charge on any atom is -0.497 e. The molecule has 2 amide bonds. The van der Waals surface area contributed by atoms with E-state index in [9.17, 15) is 22.8 Å². The first-order valence-corrected chi connectivity index (χ1v) is 13.7. The number of carbonyl (C=O) groups is 2. The summed E-state index contributed by atoms with van der Waals surface area (Å²) in [5.41, 5.74) is 1.53. The largest absolute Gasteiger partial charge is 0.497 e. The van der Waals surface area contributed by atoms with Crippen LogP contribution in [0.4, 0.5) is 16.2 Å². The van der Waals surface area contributed by atoms with Gasteiger partial charge < -0.3 is 19.5 Å². The van der Waals surface area contributed by atoms with Crippen molar-refractivity contribution in [3.8, 4) is 5.75 Å². The minimum absolute atomic E-state index is 0.0202. The first kappa shape index (κ1) is 25.5. The third kappa shape index (κ3) is 5.01. The van der Waals surface area contributed by atoms with Gasteiger partial charge in [0.15, 0.2) is 5.78 Å². The molecule has 2 bridgehead atoms. The highest BCUT2D eigenvalue weighted by Crippen LogP contribution is 2.36. The number of hydrogen-bond acceptors (Lipinski definition) is 6. The number of benzene rings is 2. The van der Waals surface area contributed by atoms with Gasteiger partial charge in [-0.3, -0.25) is 14.3 Å². The molecule has 0 saturated carbocycles. The highest BCUT2D eigenvalue weighted by molar-refractivity contribution is 7.92. The second-order valence-electron chi connectivity index (χ2n) is 9.64. The van der Waals surface area contributed by atoms with Gasteiger partial charge in [-0.1, -0.05) is 0 Å². The maximum absolute atomic E-state index is 13.3. The Labute approximate surface area is 220 Å². The van der Waals surface area contributed by atoms with E-state index in [0.29, 0.717) is 36.6 Å². The van der Waals surface area contributed by atoms with E-state index < -0.39 is 15.6 Å². The van der Waals surface area contributed by atoms with Gasteiger partial charge >= 0.3 is 6.03 Å². The van der Waals surface area contributed by atoms with E-state index in [2.05, 4.69) is 10.0 Å². The second kappa shape index (κ2) is 9.97. The molecule has 0 radical (unpaired) electrons. The van der Waals surface area contributed by atoms with Crippen LogP contribution in [0.3, 0.4) is 0 Å². The first-order chi connectivity index (χ1) is 18.1. The zero-order valence-corrected chi connectivity index (χ0v) is 21.8. The predicted molar refractivity (Wildman–Crippen MR) is 142 cm³/mol. The fraction of sp³-hybridized carbons (Fsp3) is 0.296. The van der Waals surface area contributed by atoms with E-state index in [1.807, 2.05) is 0 Å². The summed E-state index contributed by atoms with van der Waals surface area (Å²) in [4.78, 5) is 39.5. The Morgan fingerprint density at radius 3 is 2.32 bits per heavy atom. The third-order valence-electron chi connectivity index (χ3n) is 7.05. The molecule has 1 aromatic heterocycles. The normalized spacial score (nSPS) is 18.3. The quantitative estimate of drug-likeness (QED) is 0.464. The number of piperidine rings is 1. The molecule has 3 heterocycles. The maximum Gasteiger partial charge on any atom is 0.321 e. The van der Waals surface area contributed by atoms with Gasteiger partial charge in [-0.15, -0.1) is 0 Å². The van der Waals surface area contributed by atoms with Gasteiger partial charge in [-0.25, -0.2) is 13.2 Å². The molecule has 10 nitrogen and oxygen atoms in total. The lowest BCUT2D eigenvalue weighted by atomic mass is 9.83. The monoisotopic (exact) mass is 536 g/mol. The smallest absolute Gasteiger partial charge is 0.321 e. The molecule has 38 heavy (non-hydrogen) atoms. The van der Waals surface area contributed by atoms with Crippen LogP contribution in [0.5, 0.6) is 5.75 Å². The molecule has 5 rings (SSSR count). The number of methoxy groups -OCH3 is 1. The molecule has 0 aliphatic carbocycles. The molecule has 2 unspecified atom stereocenters. The van der Waals surface area contributed by atoms with Gasteiger partial charge in [0.25, 0.3) is 15.6 Å². The topological polar surface area (TPSA) is 127 Å². The Bertz CT molecular complexity index is 1550. The number of anilines is 2. The summed E-state index contributed by atoms with van der Waals surface area (Å²) in [6, 6.07) is 15.7. The molecular formula is C27H28N4O6S. The zero-order valence-electron chi connectivity index (χ0n) is 21.0. The number of likely N-dealkylation sites (tertiary alicyclic amines) is 1. The number of fused-ring (bicyclic) bond motifs is 4. The van der Waals surface area contributed by atoms with Crippen molar-refractivity contribution < 1.29 is 22.7 Å². The lowest BCUT2D eigenvalue weighted by molar-refractivity contribution is 0.101. The summed E-state index contributed by atoms with van der Waals surface area (Å²) < 4.78 is 34.9. The van der Waals surface area contributed by atoms with E-state index in [4.69, 9.17) is 4.74 Å². The van der Waals surface area contributed by atoms with Crippen LogP contribution in [0.2, 0.25) is 0 Å². The fourth-order valence-corrected chi connectivity index (χ4v) is 6.20. The number of rotatable bonds is 6. The molecule has 3 aromatic rings. The number of amides is 2. The summed E-state index contributed by atoms with van der Waals surface area (Å²) in [6.45, 7) is 2.79. The highest BCUT2D eigenvalue weighted by Gasteiger charge is 2.37. The number of nitrogens with one attached hydrogen (secondary N) is 2. The summed E-state index contributed by atoms with van der Waals surface area (Å²) >= 11 is 0. The summed E-state index contributed by atoms with van der Waals surface area (Å²) in [5.74, 6) is 0.488. The molecule has 1 saturated heterocycles. The van der Waals surface area contributed by atoms with Crippen LogP contribution in [0, 0.1) is 5.92 Å². The molecule has 198 valence electrons. The van der Waals surface area contributed by atoms with Gasteiger partial charge in [-0.2, -0.15) is 0 Å². The van der Waals surface area contributed by atoms with Crippen LogP contribution in [0.25, 0.3) is 0 Å². The molecule has 2 N–H and O–H groups in total. The van der Waals surface area contributed by atoms with Crippen molar-refractivity contribution in [2.45, 2.75) is 30.7 Å². The van der Waals surface area contributed by atoms with Crippen molar-refractivity contribution >= 4 is 33.2 Å². The molecule has 2 aliphatic heterocycles. The SMILES string of the molecule is COc1ccc(S(=O)(=O)Nc2ccc3n(c2=O)CC2CC3CN(C(=O)Nc3ccc(C(C)=O)cc3)C2)cc1. The van der Waals surface area contributed by atoms with Gasteiger partial charge in [-0.05, 0) is 79.9 Å². The standard InChI is InChI=1S/C27H28N4O6S/c1-17(32)19-3-5-21(6-4-19)28-27(34)30-14-18-13-20(16-30)25-12-11-24(26(33)31(25)15-18)29-38(35,36)23-9-7-22(37-2)8-10-23/h3-12,18,20,29H,13-16H2,1-2H3,(H,28,34). The third-order valence-corrected chi connectivity index (χ3v) is 8.43. The summed E-state index contributed by atoms with van der Waals surface area (Å²) in [6.07, 6.45) is 0.841. The van der Waals surface area contributed by atoms with E-state index in [0.717, 1.165) is 12.1 Å². The number of ether oxygens (including phenoxy) is 1. The van der Waals surface area contributed by atoms with Crippen molar-refractivity contribution in [2.75, 3.05) is 30.2 Å². The average molecular weight is 537 g/mol. The van der Waals surface area contributed by atoms with Gasteiger partial charge in [0.1, 0.15) is 11.4 Å². The zero-order chi connectivity index (χ0) is 27.0. The Balaban J connectivity index is 1.31. The molecular weight excluding hydrogens is 508 g/mol. The Morgan fingerprint density at radius 1 is 0.947 bits per heavy atom. The number of aromatic nitrogens is 1. The second-order valence-corrected chi connectivity index (χ2v) is 11.3. The van der Waals surface area contributed by atoms with Crippen molar-refractivity contribution in [1.29, 1.82) is 0 Å². The van der Waals surface area contributed by atoms with Crippen LogP contribution >= 0.6 is 0 Å². The molecule has 2 atom stereocenters. The first-order valence-electron chi connectivity index (χ1n) is 12.2. The minimum atomic E-state index is -3.96. The Kier molecular flexibility index (Phi) is 6.70. The lowest BCUT2D eigenvalue weighted by Gasteiger charge is -2.42. The summed E-state index contributed by atoms with van der Waals surface area (Å²) in [5, 5.41) is 2.88. The number of nitrogens with zero attached hydrogens (tertiary/aromatic N) is 2. The maximum atomic E-state index is 13.3. The number of urea groups is 1. The Hall–Kier alpha value is -4.12. The molecule has 1 fully saturated rings. The fourth-order valence-electron chi connectivity index (χ4n) is 5.14. The Morgan fingerprint density at radius 2 is 1.66 bits per heavy atom. The van der Waals surface area contributed by atoms with Gasteiger partial charge in [0.2, 0.25) is 0 Å². The molecule has 0 spiro atoms. The number of ketones is 1. The molecule has 11 heteroatoms. The lowest BCUT2D eigenvalue weighted by Crippen LogP contribution is -2.50. The van der Waals surface area contributed by atoms with E-state index in [1.54, 1.807) is 51.9 Å². The predicted octanol–water partition coefficient (Wildman–Crippen LogP) is 3.51. The number of carbonyl (C=O) groups excluding carboxylic acids is 2. The van der Waals surface area contributed by atoms with Gasteiger partial charge in [0.05, 0.1) is 12.0 Å². The van der Waals surface area contributed by atoms with E-state index in [-0.39, 0.29) is 34.2 Å². The van der Waals surface area contributed by atoms with Crippen LogP contribution in [0.1, 0.15) is 35.3 Å².